The quantitative estimate of drug-likeness (QED) is 0.807. The molecule has 0 radical (unpaired) electrons. The molecule has 5 heteroatoms. The molecular weight excluding hydrogens is 220 g/mol. The molecule has 1 atom stereocenters. The van der Waals surface area contributed by atoms with Gasteiger partial charge in [-0.3, -0.25) is 4.79 Å². The van der Waals surface area contributed by atoms with Crippen molar-refractivity contribution >= 4 is 12.0 Å². The number of benzene rings is 1. The number of amides is 2. The minimum atomic E-state index is -1.03. The number of carboxylic acids is 1. The van der Waals surface area contributed by atoms with Crippen LogP contribution in [-0.4, -0.2) is 28.0 Å². The summed E-state index contributed by atoms with van der Waals surface area (Å²) in [7, 11) is 0. The molecule has 2 amide bonds. The first kappa shape index (κ1) is 11.4. The van der Waals surface area contributed by atoms with Gasteiger partial charge in [0.1, 0.15) is 6.04 Å². The molecule has 1 heterocycles. The molecule has 2 rings (SSSR count). The fraction of sp³-hybridized carbons (Fsp3) is 0.333. The van der Waals surface area contributed by atoms with Crippen LogP contribution in [0.1, 0.15) is 18.1 Å². The van der Waals surface area contributed by atoms with Gasteiger partial charge in [-0.15, -0.1) is 0 Å². The molecule has 0 aromatic heterocycles. The van der Waals surface area contributed by atoms with Crippen LogP contribution in [0.15, 0.2) is 24.3 Å². The number of carboxylic acid groups (broad SMARTS) is 1. The summed E-state index contributed by atoms with van der Waals surface area (Å²) < 4.78 is 0. The van der Waals surface area contributed by atoms with Crippen molar-refractivity contribution in [1.82, 2.24) is 10.2 Å². The Morgan fingerprint density at radius 1 is 1.29 bits per heavy atom. The molecule has 0 aliphatic carbocycles. The number of nitrogens with zero attached hydrogens (tertiary/aromatic N) is 1. The van der Waals surface area contributed by atoms with Crippen molar-refractivity contribution in [3.8, 4) is 0 Å². The lowest BCUT2D eigenvalue weighted by Crippen LogP contribution is -2.44. The van der Waals surface area contributed by atoms with Crippen molar-refractivity contribution in [2.24, 2.45) is 0 Å². The number of hydrogen-bond acceptors (Lipinski definition) is 2. The highest BCUT2D eigenvalue weighted by Gasteiger charge is 2.24. The minimum Gasteiger partial charge on any atom is -0.480 e. The summed E-state index contributed by atoms with van der Waals surface area (Å²) in [6.07, 6.45) is 0. The number of aliphatic carboxylic acids is 1. The normalized spacial score (nSPS) is 15.2. The van der Waals surface area contributed by atoms with Crippen LogP contribution in [0.4, 0.5) is 4.79 Å². The predicted molar refractivity (Wildman–Crippen MR) is 61.3 cm³/mol. The van der Waals surface area contributed by atoms with Gasteiger partial charge in [0.05, 0.1) is 0 Å². The zero-order valence-corrected chi connectivity index (χ0v) is 9.51. The maximum Gasteiger partial charge on any atom is 0.325 e. The minimum absolute atomic E-state index is 0.337. The van der Waals surface area contributed by atoms with E-state index in [2.05, 4.69) is 5.32 Å². The summed E-state index contributed by atoms with van der Waals surface area (Å²) >= 11 is 0. The van der Waals surface area contributed by atoms with Crippen molar-refractivity contribution < 1.29 is 14.7 Å². The van der Waals surface area contributed by atoms with Gasteiger partial charge < -0.3 is 15.3 Å². The van der Waals surface area contributed by atoms with Crippen LogP contribution in [0.25, 0.3) is 0 Å². The van der Waals surface area contributed by atoms with Gasteiger partial charge in [-0.2, -0.15) is 0 Å². The first-order valence-electron chi connectivity index (χ1n) is 5.43. The Balaban J connectivity index is 1.99. The van der Waals surface area contributed by atoms with Crippen LogP contribution in [-0.2, 0) is 17.9 Å². The van der Waals surface area contributed by atoms with E-state index in [1.54, 1.807) is 4.90 Å². The van der Waals surface area contributed by atoms with Gasteiger partial charge >= 0.3 is 12.0 Å². The van der Waals surface area contributed by atoms with Crippen LogP contribution in [0, 0.1) is 0 Å². The van der Waals surface area contributed by atoms with Crippen LogP contribution in [0.3, 0.4) is 0 Å². The number of fused-ring (bicyclic) bond motifs is 1. The Morgan fingerprint density at radius 2 is 1.82 bits per heavy atom. The van der Waals surface area contributed by atoms with Crippen molar-refractivity contribution in [1.29, 1.82) is 0 Å². The van der Waals surface area contributed by atoms with Gasteiger partial charge in [-0.1, -0.05) is 24.3 Å². The zero-order chi connectivity index (χ0) is 12.4. The highest BCUT2D eigenvalue weighted by Crippen LogP contribution is 2.21. The van der Waals surface area contributed by atoms with Crippen LogP contribution in [0.2, 0.25) is 0 Å². The molecular formula is C12H14N2O3. The molecule has 1 aliphatic rings. The largest absolute Gasteiger partial charge is 0.480 e. The van der Waals surface area contributed by atoms with Gasteiger partial charge in [0.2, 0.25) is 0 Å². The van der Waals surface area contributed by atoms with E-state index in [0.717, 1.165) is 11.1 Å². The van der Waals surface area contributed by atoms with Gasteiger partial charge in [0, 0.05) is 13.1 Å². The van der Waals surface area contributed by atoms with Crippen molar-refractivity contribution in [3.05, 3.63) is 35.4 Å². The van der Waals surface area contributed by atoms with E-state index in [1.807, 2.05) is 24.3 Å². The standard InChI is InChI=1S/C12H14N2O3/c1-8(11(15)16)13-12(17)14-6-9-4-2-3-5-10(9)7-14/h2-5,8H,6-7H2,1H3,(H,13,17)(H,15,16)/t8-/m0/s1. The van der Waals surface area contributed by atoms with Gasteiger partial charge in [0.15, 0.2) is 0 Å². The molecule has 2 N–H and O–H groups in total. The van der Waals surface area contributed by atoms with E-state index in [9.17, 15) is 9.59 Å². The topological polar surface area (TPSA) is 69.6 Å². The Morgan fingerprint density at radius 3 is 2.29 bits per heavy atom. The summed E-state index contributed by atoms with van der Waals surface area (Å²) in [6, 6.07) is 6.61. The molecule has 0 unspecified atom stereocenters. The molecule has 1 aliphatic heterocycles. The van der Waals surface area contributed by atoms with Gasteiger partial charge in [-0.05, 0) is 18.1 Å². The maximum absolute atomic E-state index is 11.8. The second-order valence-corrected chi connectivity index (χ2v) is 4.13. The number of nitrogens with one attached hydrogen (secondary N) is 1. The molecule has 0 saturated carbocycles. The van der Waals surface area contributed by atoms with Gasteiger partial charge in [-0.25, -0.2) is 4.79 Å². The first-order valence-corrected chi connectivity index (χ1v) is 5.43. The lowest BCUT2D eigenvalue weighted by atomic mass is 10.1. The Labute approximate surface area is 99.0 Å². The monoisotopic (exact) mass is 234 g/mol. The van der Waals surface area contributed by atoms with Crippen LogP contribution < -0.4 is 5.32 Å². The fourth-order valence-corrected chi connectivity index (χ4v) is 1.81. The third kappa shape index (κ3) is 2.38. The van der Waals surface area contributed by atoms with Crippen molar-refractivity contribution in [2.75, 3.05) is 0 Å². The summed E-state index contributed by atoms with van der Waals surface area (Å²) in [5.41, 5.74) is 2.23. The summed E-state index contributed by atoms with van der Waals surface area (Å²) in [5, 5.41) is 11.2. The molecule has 5 nitrogen and oxygen atoms in total. The van der Waals surface area contributed by atoms with E-state index < -0.39 is 12.0 Å². The van der Waals surface area contributed by atoms with Crippen molar-refractivity contribution in [3.63, 3.8) is 0 Å². The van der Waals surface area contributed by atoms with Crippen LogP contribution >= 0.6 is 0 Å². The SMILES string of the molecule is C[C@H](NC(=O)N1Cc2ccccc2C1)C(=O)O. The second-order valence-electron chi connectivity index (χ2n) is 4.13. The summed E-state index contributed by atoms with van der Waals surface area (Å²) in [6.45, 7) is 2.52. The number of carbonyl (C=O) groups is 2. The van der Waals surface area contributed by atoms with Crippen molar-refractivity contribution in [2.45, 2.75) is 26.1 Å². The summed E-state index contributed by atoms with van der Waals surface area (Å²) in [5.74, 6) is -1.03. The number of carbonyl (C=O) groups excluding carboxylic acids is 1. The average molecular weight is 234 g/mol. The Bertz CT molecular complexity index is 434. The van der Waals surface area contributed by atoms with E-state index in [0.29, 0.717) is 13.1 Å². The highest BCUT2D eigenvalue weighted by atomic mass is 16.4. The van der Waals surface area contributed by atoms with E-state index >= 15 is 0 Å². The molecule has 0 saturated heterocycles. The second kappa shape index (κ2) is 4.45. The molecule has 17 heavy (non-hydrogen) atoms. The molecule has 0 fully saturated rings. The Kier molecular flexibility index (Phi) is 2.99. The smallest absolute Gasteiger partial charge is 0.325 e. The fourth-order valence-electron chi connectivity index (χ4n) is 1.81. The lowest BCUT2D eigenvalue weighted by molar-refractivity contribution is -0.138. The maximum atomic E-state index is 11.8. The van der Waals surface area contributed by atoms with Gasteiger partial charge in [0.25, 0.3) is 0 Å². The van der Waals surface area contributed by atoms with Crippen LogP contribution in [0.5, 0.6) is 0 Å². The number of urea groups is 1. The average Bonchev–Trinajstić information content (AvgIpc) is 2.72. The van der Waals surface area contributed by atoms with E-state index in [4.69, 9.17) is 5.11 Å². The third-order valence-electron chi connectivity index (χ3n) is 2.84. The molecule has 90 valence electrons. The highest BCUT2D eigenvalue weighted by molar-refractivity contribution is 5.82. The third-order valence-corrected chi connectivity index (χ3v) is 2.84. The molecule has 0 spiro atoms. The van der Waals surface area contributed by atoms with E-state index in [-0.39, 0.29) is 6.03 Å². The number of hydrogen-bond donors (Lipinski definition) is 2. The summed E-state index contributed by atoms with van der Waals surface area (Å²) in [4.78, 5) is 24.0. The molecule has 0 bridgehead atoms. The number of rotatable bonds is 2. The first-order chi connectivity index (χ1) is 8.08. The Hall–Kier alpha value is -2.04. The molecule has 1 aromatic carbocycles. The van der Waals surface area contributed by atoms with E-state index in [1.165, 1.54) is 6.92 Å². The lowest BCUT2D eigenvalue weighted by Gasteiger charge is -2.18. The zero-order valence-electron chi connectivity index (χ0n) is 9.51. The predicted octanol–water partition coefficient (Wildman–Crippen LogP) is 1.18. The molecule has 1 aromatic rings.